The van der Waals surface area contributed by atoms with Gasteiger partial charge in [-0.15, -0.1) is 0 Å². The fourth-order valence-electron chi connectivity index (χ4n) is 3.13. The summed E-state index contributed by atoms with van der Waals surface area (Å²) >= 11 is 12.0. The van der Waals surface area contributed by atoms with Crippen molar-refractivity contribution in [3.63, 3.8) is 0 Å². The predicted molar refractivity (Wildman–Crippen MR) is 104 cm³/mol. The highest BCUT2D eigenvalue weighted by Gasteiger charge is 2.34. The molecule has 1 aliphatic rings. The van der Waals surface area contributed by atoms with Crippen LogP contribution in [0.4, 0.5) is 14.9 Å². The molecule has 1 aliphatic heterocycles. The molecule has 0 saturated carbocycles. The summed E-state index contributed by atoms with van der Waals surface area (Å²) in [5, 5.41) is 7.59. The Morgan fingerprint density at radius 2 is 2.00 bits per heavy atom. The molecule has 6 nitrogen and oxygen atoms in total. The zero-order valence-corrected chi connectivity index (χ0v) is 16.0. The number of amides is 2. The molecule has 1 N–H and O–H groups in total. The van der Waals surface area contributed by atoms with Crippen molar-refractivity contribution in [2.45, 2.75) is 18.9 Å². The van der Waals surface area contributed by atoms with Crippen LogP contribution in [0.25, 0.3) is 11.4 Å². The molecular formula is C19H15Cl2FN4O2. The second-order valence-corrected chi connectivity index (χ2v) is 7.21. The maximum atomic E-state index is 13.1. The summed E-state index contributed by atoms with van der Waals surface area (Å²) in [5.74, 6) is 0.351. The Morgan fingerprint density at radius 3 is 2.75 bits per heavy atom. The van der Waals surface area contributed by atoms with Gasteiger partial charge in [0.15, 0.2) is 0 Å². The van der Waals surface area contributed by atoms with E-state index >= 15 is 0 Å². The number of hydrogen-bond acceptors (Lipinski definition) is 4. The van der Waals surface area contributed by atoms with E-state index in [1.807, 2.05) is 0 Å². The number of carbonyl (C=O) groups excluding carboxylic acids is 1. The molecule has 2 amide bonds. The van der Waals surface area contributed by atoms with Gasteiger partial charge in [-0.25, -0.2) is 9.18 Å². The standard InChI is InChI=1S/C19H15Cl2FN4O2/c20-12-5-8-15(14(21)10-12)23-19(27)26-9-1-2-16(26)18-24-17(25-28-18)11-3-6-13(22)7-4-11/h3-8,10,16H,1-2,9H2,(H,23,27). The van der Waals surface area contributed by atoms with Crippen LogP contribution in [0, 0.1) is 5.82 Å². The average Bonchev–Trinajstić information content (AvgIpc) is 3.33. The summed E-state index contributed by atoms with van der Waals surface area (Å²) < 4.78 is 18.5. The van der Waals surface area contributed by atoms with Gasteiger partial charge in [-0.3, -0.25) is 0 Å². The third-order valence-corrected chi connectivity index (χ3v) is 5.06. The summed E-state index contributed by atoms with van der Waals surface area (Å²) in [7, 11) is 0. The molecule has 9 heteroatoms. The van der Waals surface area contributed by atoms with Crippen molar-refractivity contribution < 1.29 is 13.7 Å². The monoisotopic (exact) mass is 420 g/mol. The van der Waals surface area contributed by atoms with Gasteiger partial charge >= 0.3 is 6.03 Å². The zero-order chi connectivity index (χ0) is 19.7. The molecular weight excluding hydrogens is 406 g/mol. The number of benzene rings is 2. The Bertz CT molecular complexity index is 1010. The van der Waals surface area contributed by atoms with E-state index in [4.69, 9.17) is 27.7 Å². The van der Waals surface area contributed by atoms with Crippen LogP contribution in [-0.4, -0.2) is 27.6 Å². The van der Waals surface area contributed by atoms with E-state index in [1.54, 1.807) is 35.2 Å². The van der Waals surface area contributed by atoms with Crippen LogP contribution in [0.1, 0.15) is 24.8 Å². The summed E-state index contributed by atoms with van der Waals surface area (Å²) in [6, 6.07) is 10.0. The van der Waals surface area contributed by atoms with Crippen LogP contribution in [0.3, 0.4) is 0 Å². The van der Waals surface area contributed by atoms with E-state index in [0.717, 1.165) is 6.42 Å². The van der Waals surface area contributed by atoms with Gasteiger partial charge in [0.05, 0.1) is 10.7 Å². The first-order valence-corrected chi connectivity index (χ1v) is 9.39. The molecule has 1 saturated heterocycles. The largest absolute Gasteiger partial charge is 0.337 e. The van der Waals surface area contributed by atoms with E-state index < -0.39 is 0 Å². The highest BCUT2D eigenvalue weighted by molar-refractivity contribution is 6.36. The number of carbonyl (C=O) groups is 1. The number of aromatic nitrogens is 2. The van der Waals surface area contributed by atoms with Crippen molar-refractivity contribution in [3.05, 3.63) is 64.2 Å². The van der Waals surface area contributed by atoms with Gasteiger partial charge in [0.25, 0.3) is 0 Å². The molecule has 1 aromatic heterocycles. The second kappa shape index (κ2) is 7.77. The lowest BCUT2D eigenvalue weighted by atomic mass is 10.2. The Hall–Kier alpha value is -2.64. The van der Waals surface area contributed by atoms with Crippen LogP contribution in [0.5, 0.6) is 0 Å². The smallest absolute Gasteiger partial charge is 0.322 e. The maximum Gasteiger partial charge on any atom is 0.322 e. The van der Waals surface area contributed by atoms with Crippen molar-refractivity contribution in [2.24, 2.45) is 0 Å². The average molecular weight is 421 g/mol. The summed E-state index contributed by atoms with van der Waals surface area (Å²) in [6.07, 6.45) is 1.51. The third kappa shape index (κ3) is 3.81. The quantitative estimate of drug-likeness (QED) is 0.602. The first-order chi connectivity index (χ1) is 13.5. The van der Waals surface area contributed by atoms with Crippen LogP contribution in [0.15, 0.2) is 47.0 Å². The topological polar surface area (TPSA) is 71.3 Å². The molecule has 1 atom stereocenters. The summed E-state index contributed by atoms with van der Waals surface area (Å²) in [4.78, 5) is 18.8. The Balaban J connectivity index is 1.52. The summed E-state index contributed by atoms with van der Waals surface area (Å²) in [6.45, 7) is 0.552. The lowest BCUT2D eigenvalue weighted by Crippen LogP contribution is -2.34. The minimum Gasteiger partial charge on any atom is -0.337 e. The van der Waals surface area contributed by atoms with E-state index in [-0.39, 0.29) is 17.9 Å². The lowest BCUT2D eigenvalue weighted by Gasteiger charge is -2.22. The molecule has 1 fully saturated rings. The van der Waals surface area contributed by atoms with E-state index in [1.165, 1.54) is 12.1 Å². The highest BCUT2D eigenvalue weighted by Crippen LogP contribution is 2.33. The molecule has 0 bridgehead atoms. The van der Waals surface area contributed by atoms with Crippen molar-refractivity contribution >= 4 is 34.9 Å². The molecule has 3 aromatic rings. The number of likely N-dealkylation sites (tertiary alicyclic amines) is 1. The highest BCUT2D eigenvalue weighted by atomic mass is 35.5. The SMILES string of the molecule is O=C(Nc1ccc(Cl)cc1Cl)N1CCCC1c1nc(-c2ccc(F)cc2)no1. The third-order valence-electron chi connectivity index (χ3n) is 4.52. The molecule has 0 spiro atoms. The van der Waals surface area contributed by atoms with Crippen LogP contribution >= 0.6 is 23.2 Å². The van der Waals surface area contributed by atoms with Crippen molar-refractivity contribution in [3.8, 4) is 11.4 Å². The number of hydrogen-bond donors (Lipinski definition) is 1. The molecule has 0 radical (unpaired) electrons. The van der Waals surface area contributed by atoms with Gasteiger partial charge < -0.3 is 14.7 Å². The van der Waals surface area contributed by atoms with Gasteiger partial charge in [0.1, 0.15) is 11.9 Å². The minimum absolute atomic E-state index is 0.312. The van der Waals surface area contributed by atoms with E-state index in [2.05, 4.69) is 15.5 Å². The van der Waals surface area contributed by atoms with Gasteiger partial charge in [-0.05, 0) is 55.3 Å². The number of anilines is 1. The molecule has 2 heterocycles. The maximum absolute atomic E-state index is 13.1. The molecule has 0 aliphatic carbocycles. The zero-order valence-electron chi connectivity index (χ0n) is 14.5. The van der Waals surface area contributed by atoms with Gasteiger partial charge in [-0.2, -0.15) is 4.98 Å². The van der Waals surface area contributed by atoms with Gasteiger partial charge in [-0.1, -0.05) is 28.4 Å². The fraction of sp³-hybridized carbons (Fsp3) is 0.211. The normalized spacial score (nSPS) is 16.4. The van der Waals surface area contributed by atoms with Crippen LogP contribution in [0.2, 0.25) is 10.0 Å². The van der Waals surface area contributed by atoms with Crippen molar-refractivity contribution in [1.82, 2.24) is 15.0 Å². The molecule has 1 unspecified atom stereocenters. The van der Waals surface area contributed by atoms with Gasteiger partial charge in [0.2, 0.25) is 11.7 Å². The first kappa shape index (κ1) is 18.7. The van der Waals surface area contributed by atoms with Crippen molar-refractivity contribution in [1.29, 1.82) is 0 Å². The fourth-order valence-corrected chi connectivity index (χ4v) is 3.59. The van der Waals surface area contributed by atoms with Crippen molar-refractivity contribution in [2.75, 3.05) is 11.9 Å². The van der Waals surface area contributed by atoms with Gasteiger partial charge in [0, 0.05) is 17.1 Å². The Labute approximate surface area is 170 Å². The second-order valence-electron chi connectivity index (χ2n) is 6.37. The number of halogens is 3. The predicted octanol–water partition coefficient (Wildman–Crippen LogP) is 5.55. The molecule has 144 valence electrons. The molecule has 2 aromatic carbocycles. The van der Waals surface area contributed by atoms with Crippen LogP contribution in [-0.2, 0) is 0 Å². The molecule has 28 heavy (non-hydrogen) atoms. The lowest BCUT2D eigenvalue weighted by molar-refractivity contribution is 0.193. The Kier molecular flexibility index (Phi) is 5.19. The molecule has 4 rings (SSSR count). The number of urea groups is 1. The minimum atomic E-state index is -0.341. The number of nitrogens with zero attached hydrogens (tertiary/aromatic N) is 3. The van der Waals surface area contributed by atoms with E-state index in [9.17, 15) is 9.18 Å². The first-order valence-electron chi connectivity index (χ1n) is 8.63. The number of nitrogens with one attached hydrogen (secondary N) is 1. The number of rotatable bonds is 3. The Morgan fingerprint density at radius 1 is 1.21 bits per heavy atom. The summed E-state index contributed by atoms with van der Waals surface area (Å²) in [5.41, 5.74) is 1.11. The van der Waals surface area contributed by atoms with E-state index in [0.29, 0.717) is 46.0 Å². The van der Waals surface area contributed by atoms with Crippen LogP contribution < -0.4 is 5.32 Å².